The van der Waals surface area contributed by atoms with Crippen LogP contribution >= 0.6 is 0 Å². The van der Waals surface area contributed by atoms with Gasteiger partial charge in [-0.1, -0.05) is 0 Å². The van der Waals surface area contributed by atoms with Gasteiger partial charge in [0.25, 0.3) is 5.91 Å². The normalized spacial score (nSPS) is 10.2. The second kappa shape index (κ2) is 9.41. The zero-order valence-corrected chi connectivity index (χ0v) is 16.4. The third kappa shape index (κ3) is 5.13. The summed E-state index contributed by atoms with van der Waals surface area (Å²) in [5, 5.41) is 14.0. The molecule has 1 amide bonds. The summed E-state index contributed by atoms with van der Waals surface area (Å²) < 4.78 is 15.8. The lowest BCUT2D eigenvalue weighted by molar-refractivity contribution is 0.102. The Morgan fingerprint density at radius 3 is 2.21 bits per heavy atom. The molecule has 0 unspecified atom stereocenters. The highest BCUT2D eigenvalue weighted by atomic mass is 16.5. The molecule has 0 atom stereocenters. The Morgan fingerprint density at radius 2 is 1.59 bits per heavy atom. The van der Waals surface area contributed by atoms with E-state index in [-0.39, 0.29) is 5.91 Å². The Balaban J connectivity index is 1.63. The molecule has 3 aromatic rings. The van der Waals surface area contributed by atoms with Crippen molar-refractivity contribution >= 4 is 23.2 Å². The number of amides is 1. The Labute approximate surface area is 168 Å². The van der Waals surface area contributed by atoms with Crippen molar-refractivity contribution in [1.29, 1.82) is 0 Å². The molecule has 150 valence electrons. The molecule has 8 nitrogen and oxygen atoms in total. The van der Waals surface area contributed by atoms with Crippen LogP contribution in [0.2, 0.25) is 0 Å². The van der Waals surface area contributed by atoms with E-state index >= 15 is 0 Å². The fraction of sp³-hybridized carbons (Fsp3) is 0.190. The first kappa shape index (κ1) is 19.9. The molecule has 2 aromatic carbocycles. The number of methoxy groups -OCH3 is 2. The maximum atomic E-state index is 12.4. The van der Waals surface area contributed by atoms with Crippen molar-refractivity contribution in [1.82, 2.24) is 10.2 Å². The molecular weight excluding hydrogens is 372 g/mol. The molecule has 0 spiro atoms. The first-order valence-electron chi connectivity index (χ1n) is 9.00. The summed E-state index contributed by atoms with van der Waals surface area (Å²) in [6.45, 7) is 2.56. The number of anilines is 3. The van der Waals surface area contributed by atoms with E-state index in [4.69, 9.17) is 14.2 Å². The number of benzene rings is 2. The number of hydrogen-bond donors (Lipinski definition) is 2. The summed E-state index contributed by atoms with van der Waals surface area (Å²) in [5.41, 5.74) is 1.27. The van der Waals surface area contributed by atoms with Gasteiger partial charge in [0.05, 0.1) is 20.8 Å². The smallest absolute Gasteiger partial charge is 0.257 e. The van der Waals surface area contributed by atoms with Crippen molar-refractivity contribution in [2.24, 2.45) is 0 Å². The Hall–Kier alpha value is -3.81. The summed E-state index contributed by atoms with van der Waals surface area (Å²) in [4.78, 5) is 12.4. The molecule has 1 heterocycles. The molecule has 0 aliphatic heterocycles. The van der Waals surface area contributed by atoms with E-state index < -0.39 is 0 Å². The van der Waals surface area contributed by atoms with Crippen molar-refractivity contribution in [2.75, 3.05) is 31.5 Å². The van der Waals surface area contributed by atoms with Gasteiger partial charge in [0.1, 0.15) is 5.75 Å². The van der Waals surface area contributed by atoms with E-state index in [2.05, 4.69) is 20.8 Å². The maximum Gasteiger partial charge on any atom is 0.257 e. The Kier molecular flexibility index (Phi) is 6.47. The van der Waals surface area contributed by atoms with Crippen molar-refractivity contribution in [3.8, 4) is 17.2 Å². The fourth-order valence-corrected chi connectivity index (χ4v) is 2.58. The van der Waals surface area contributed by atoms with Crippen LogP contribution in [0.4, 0.5) is 17.3 Å². The number of aromatic nitrogens is 2. The van der Waals surface area contributed by atoms with Gasteiger partial charge >= 0.3 is 0 Å². The SMILES string of the molecule is CCOc1ccc(Nc2ccc(NC(=O)c3ccc(OC)c(OC)c3)nn2)cc1. The summed E-state index contributed by atoms with van der Waals surface area (Å²) in [6.07, 6.45) is 0. The quantitative estimate of drug-likeness (QED) is 0.598. The van der Waals surface area contributed by atoms with Gasteiger partial charge < -0.3 is 24.8 Å². The molecule has 3 rings (SSSR count). The molecular formula is C21H22N4O4. The molecule has 2 N–H and O–H groups in total. The van der Waals surface area contributed by atoms with Crippen molar-refractivity contribution in [3.63, 3.8) is 0 Å². The maximum absolute atomic E-state index is 12.4. The van der Waals surface area contributed by atoms with E-state index in [1.807, 2.05) is 31.2 Å². The number of nitrogens with one attached hydrogen (secondary N) is 2. The van der Waals surface area contributed by atoms with Gasteiger partial charge in [-0.15, -0.1) is 10.2 Å². The highest BCUT2D eigenvalue weighted by Gasteiger charge is 2.12. The highest BCUT2D eigenvalue weighted by molar-refractivity contribution is 6.04. The lowest BCUT2D eigenvalue weighted by Crippen LogP contribution is -2.13. The second-order valence-corrected chi connectivity index (χ2v) is 5.91. The van der Waals surface area contributed by atoms with E-state index in [0.29, 0.717) is 35.3 Å². The van der Waals surface area contributed by atoms with Gasteiger partial charge in [-0.2, -0.15) is 0 Å². The minimum absolute atomic E-state index is 0.326. The van der Waals surface area contributed by atoms with Crippen LogP contribution in [-0.2, 0) is 0 Å². The van der Waals surface area contributed by atoms with Crippen LogP contribution in [0.15, 0.2) is 54.6 Å². The predicted octanol–water partition coefficient (Wildman–Crippen LogP) is 3.89. The van der Waals surface area contributed by atoms with Crippen LogP contribution in [0.3, 0.4) is 0 Å². The van der Waals surface area contributed by atoms with Gasteiger partial charge in [0.15, 0.2) is 23.1 Å². The van der Waals surface area contributed by atoms with Crippen LogP contribution in [0.1, 0.15) is 17.3 Å². The molecule has 29 heavy (non-hydrogen) atoms. The lowest BCUT2D eigenvalue weighted by Gasteiger charge is -2.10. The summed E-state index contributed by atoms with van der Waals surface area (Å²) >= 11 is 0. The molecule has 8 heteroatoms. The molecule has 0 bridgehead atoms. The van der Waals surface area contributed by atoms with Crippen LogP contribution in [0, 0.1) is 0 Å². The molecule has 0 saturated carbocycles. The third-order valence-corrected chi connectivity index (χ3v) is 3.99. The van der Waals surface area contributed by atoms with E-state index in [9.17, 15) is 4.79 Å². The van der Waals surface area contributed by atoms with Gasteiger partial charge in [-0.25, -0.2) is 0 Å². The summed E-state index contributed by atoms with van der Waals surface area (Å²) in [5.74, 6) is 2.39. The van der Waals surface area contributed by atoms with Crippen molar-refractivity contribution in [2.45, 2.75) is 6.92 Å². The summed E-state index contributed by atoms with van der Waals surface area (Å²) in [6, 6.07) is 15.8. The first-order chi connectivity index (χ1) is 14.1. The van der Waals surface area contributed by atoms with Gasteiger partial charge in [-0.3, -0.25) is 4.79 Å². The first-order valence-corrected chi connectivity index (χ1v) is 9.00. The molecule has 0 saturated heterocycles. The molecule has 0 aliphatic carbocycles. The Morgan fingerprint density at radius 1 is 0.897 bits per heavy atom. The topological polar surface area (TPSA) is 94.6 Å². The predicted molar refractivity (Wildman–Crippen MR) is 110 cm³/mol. The third-order valence-electron chi connectivity index (χ3n) is 3.99. The number of carbonyl (C=O) groups excluding carboxylic acids is 1. The number of hydrogen-bond acceptors (Lipinski definition) is 7. The van der Waals surface area contributed by atoms with Gasteiger partial charge in [0, 0.05) is 11.3 Å². The largest absolute Gasteiger partial charge is 0.494 e. The molecule has 0 aliphatic rings. The zero-order valence-electron chi connectivity index (χ0n) is 16.4. The van der Waals surface area contributed by atoms with Gasteiger partial charge in [0.2, 0.25) is 0 Å². The number of rotatable bonds is 8. The molecule has 0 radical (unpaired) electrons. The molecule has 0 fully saturated rings. The standard InChI is InChI=1S/C21H22N4O4/c1-4-29-16-8-6-15(7-9-16)22-19-11-12-20(25-24-19)23-21(26)14-5-10-17(27-2)18(13-14)28-3/h5-13H,4H2,1-3H3,(H,22,24)(H,23,25,26). The fourth-order valence-electron chi connectivity index (χ4n) is 2.58. The Bertz CT molecular complexity index is 959. The van der Waals surface area contributed by atoms with E-state index in [1.54, 1.807) is 30.3 Å². The highest BCUT2D eigenvalue weighted by Crippen LogP contribution is 2.27. The number of nitrogens with zero attached hydrogens (tertiary/aromatic N) is 2. The van der Waals surface area contributed by atoms with Crippen LogP contribution in [-0.4, -0.2) is 36.9 Å². The van der Waals surface area contributed by atoms with E-state index in [0.717, 1.165) is 11.4 Å². The van der Waals surface area contributed by atoms with E-state index in [1.165, 1.54) is 14.2 Å². The zero-order chi connectivity index (χ0) is 20.6. The van der Waals surface area contributed by atoms with Crippen LogP contribution in [0.25, 0.3) is 0 Å². The van der Waals surface area contributed by atoms with Crippen molar-refractivity contribution < 1.29 is 19.0 Å². The van der Waals surface area contributed by atoms with Crippen LogP contribution in [0.5, 0.6) is 17.2 Å². The second-order valence-electron chi connectivity index (χ2n) is 5.91. The minimum atomic E-state index is -0.326. The van der Waals surface area contributed by atoms with Crippen LogP contribution < -0.4 is 24.8 Å². The van der Waals surface area contributed by atoms with Crippen molar-refractivity contribution in [3.05, 3.63) is 60.2 Å². The average Bonchev–Trinajstić information content (AvgIpc) is 2.76. The summed E-state index contributed by atoms with van der Waals surface area (Å²) in [7, 11) is 3.05. The average molecular weight is 394 g/mol. The molecule has 1 aromatic heterocycles. The lowest BCUT2D eigenvalue weighted by atomic mass is 10.2. The number of carbonyl (C=O) groups is 1. The minimum Gasteiger partial charge on any atom is -0.494 e. The number of ether oxygens (including phenoxy) is 3. The van der Waals surface area contributed by atoms with Gasteiger partial charge in [-0.05, 0) is 61.5 Å². The monoisotopic (exact) mass is 394 g/mol.